The van der Waals surface area contributed by atoms with Gasteiger partial charge < -0.3 is 5.32 Å². The molecule has 1 aromatic carbocycles. The average molecular weight is 395 g/mol. The van der Waals surface area contributed by atoms with Gasteiger partial charge >= 0.3 is 0 Å². The summed E-state index contributed by atoms with van der Waals surface area (Å²) in [7, 11) is -3.59. The second-order valence-corrected chi connectivity index (χ2v) is 8.82. The summed E-state index contributed by atoms with van der Waals surface area (Å²) in [5.74, 6) is 0.0649. The first-order valence-corrected chi connectivity index (χ1v) is 11.2. The number of carbonyl (C=O) groups is 1. The lowest BCUT2D eigenvalue weighted by Gasteiger charge is -2.25. The van der Waals surface area contributed by atoms with E-state index in [-0.39, 0.29) is 16.8 Å². The molecule has 0 aliphatic carbocycles. The predicted octanol–water partition coefficient (Wildman–Crippen LogP) is 3.95. The number of amides is 1. The Bertz CT molecular complexity index is 813. The van der Waals surface area contributed by atoms with Gasteiger partial charge in [-0.15, -0.1) is 11.3 Å². The quantitative estimate of drug-likeness (QED) is 0.676. The van der Waals surface area contributed by atoms with Crippen molar-refractivity contribution in [2.75, 3.05) is 6.54 Å². The average Bonchev–Trinajstić information content (AvgIpc) is 3.16. The molecule has 0 aliphatic heterocycles. The minimum absolute atomic E-state index is 0.0773. The van der Waals surface area contributed by atoms with Crippen LogP contribution in [-0.4, -0.2) is 20.9 Å². The van der Waals surface area contributed by atoms with Crippen LogP contribution in [0.1, 0.15) is 54.9 Å². The van der Waals surface area contributed by atoms with Crippen LogP contribution in [0.25, 0.3) is 0 Å². The van der Waals surface area contributed by atoms with Gasteiger partial charge in [-0.3, -0.25) is 4.79 Å². The summed E-state index contributed by atoms with van der Waals surface area (Å²) in [6, 6.07) is 10.1. The molecule has 26 heavy (non-hydrogen) atoms. The third-order valence-corrected chi connectivity index (χ3v) is 6.90. The van der Waals surface area contributed by atoms with Crippen molar-refractivity contribution in [3.8, 4) is 0 Å². The molecule has 1 unspecified atom stereocenters. The molecule has 0 radical (unpaired) electrons. The SMILES string of the molecule is CCNS(=O)(=O)c1cccc(C(=O)NC(c2cccs2)C(CC)CC)c1. The molecular weight excluding hydrogens is 368 g/mol. The number of hydrogen-bond acceptors (Lipinski definition) is 4. The van der Waals surface area contributed by atoms with E-state index in [1.165, 1.54) is 12.1 Å². The van der Waals surface area contributed by atoms with E-state index in [0.29, 0.717) is 18.0 Å². The summed E-state index contributed by atoms with van der Waals surface area (Å²) in [5, 5.41) is 5.11. The number of benzene rings is 1. The number of hydrogen-bond donors (Lipinski definition) is 2. The van der Waals surface area contributed by atoms with Gasteiger partial charge in [0.15, 0.2) is 0 Å². The lowest BCUT2D eigenvalue weighted by atomic mass is 9.92. The van der Waals surface area contributed by atoms with Crippen LogP contribution in [0.2, 0.25) is 0 Å². The number of rotatable bonds is 9. The van der Waals surface area contributed by atoms with Crippen LogP contribution in [0, 0.1) is 5.92 Å². The van der Waals surface area contributed by atoms with Gasteiger partial charge in [-0.2, -0.15) is 0 Å². The van der Waals surface area contributed by atoms with Gasteiger partial charge in [0, 0.05) is 17.0 Å². The highest BCUT2D eigenvalue weighted by Gasteiger charge is 2.24. The monoisotopic (exact) mass is 394 g/mol. The zero-order valence-electron chi connectivity index (χ0n) is 15.4. The highest BCUT2D eigenvalue weighted by atomic mass is 32.2. The fourth-order valence-electron chi connectivity index (χ4n) is 2.95. The van der Waals surface area contributed by atoms with E-state index < -0.39 is 10.0 Å². The second kappa shape index (κ2) is 9.30. The molecule has 0 fully saturated rings. The van der Waals surface area contributed by atoms with Gasteiger partial charge in [-0.25, -0.2) is 13.1 Å². The maximum atomic E-state index is 12.8. The topological polar surface area (TPSA) is 75.3 Å². The Balaban J connectivity index is 2.27. The van der Waals surface area contributed by atoms with Crippen molar-refractivity contribution in [2.45, 2.75) is 44.6 Å². The van der Waals surface area contributed by atoms with Gasteiger partial charge in [0.1, 0.15) is 0 Å². The molecular formula is C19H26N2O3S2. The molecule has 0 aliphatic rings. The van der Waals surface area contributed by atoms with Crippen LogP contribution in [0.15, 0.2) is 46.7 Å². The molecule has 1 atom stereocenters. The van der Waals surface area contributed by atoms with Crippen molar-refractivity contribution in [1.29, 1.82) is 0 Å². The van der Waals surface area contributed by atoms with Crippen LogP contribution >= 0.6 is 11.3 Å². The largest absolute Gasteiger partial charge is 0.344 e. The molecule has 1 heterocycles. The molecule has 2 rings (SSSR count). The standard InChI is InChI=1S/C19H26N2O3S2/c1-4-14(5-2)18(17-11-8-12-25-17)21-19(22)15-9-7-10-16(13-15)26(23,24)20-6-3/h7-14,18,20H,4-6H2,1-3H3,(H,21,22). The molecule has 0 saturated carbocycles. The number of carbonyl (C=O) groups excluding carboxylic acids is 1. The Morgan fingerprint density at radius 1 is 1.12 bits per heavy atom. The van der Waals surface area contributed by atoms with Gasteiger partial charge in [-0.1, -0.05) is 45.7 Å². The van der Waals surface area contributed by atoms with E-state index >= 15 is 0 Å². The molecule has 1 amide bonds. The van der Waals surface area contributed by atoms with E-state index in [9.17, 15) is 13.2 Å². The predicted molar refractivity (Wildman–Crippen MR) is 106 cm³/mol. The van der Waals surface area contributed by atoms with Crippen LogP contribution in [0.4, 0.5) is 0 Å². The third kappa shape index (κ3) is 4.93. The van der Waals surface area contributed by atoms with Crippen molar-refractivity contribution in [2.24, 2.45) is 5.92 Å². The molecule has 5 nitrogen and oxygen atoms in total. The van der Waals surface area contributed by atoms with Crippen molar-refractivity contribution in [3.63, 3.8) is 0 Å². The van der Waals surface area contributed by atoms with Crippen LogP contribution in [0.5, 0.6) is 0 Å². The van der Waals surface area contributed by atoms with E-state index in [1.807, 2.05) is 17.5 Å². The van der Waals surface area contributed by atoms with Gasteiger partial charge in [0.05, 0.1) is 10.9 Å². The first-order chi connectivity index (χ1) is 12.4. The zero-order chi connectivity index (χ0) is 19.2. The summed E-state index contributed by atoms with van der Waals surface area (Å²) in [5.41, 5.74) is 0.344. The Kier molecular flexibility index (Phi) is 7.37. The lowest BCUT2D eigenvalue weighted by molar-refractivity contribution is 0.0920. The number of thiophene rings is 1. The molecule has 142 valence electrons. The molecule has 0 bridgehead atoms. The molecule has 7 heteroatoms. The van der Waals surface area contributed by atoms with E-state index in [2.05, 4.69) is 23.9 Å². The fraction of sp³-hybridized carbons (Fsp3) is 0.421. The minimum atomic E-state index is -3.59. The van der Waals surface area contributed by atoms with Crippen molar-refractivity contribution < 1.29 is 13.2 Å². The minimum Gasteiger partial charge on any atom is -0.344 e. The second-order valence-electron chi connectivity index (χ2n) is 6.07. The summed E-state index contributed by atoms with van der Waals surface area (Å²) < 4.78 is 26.8. The smallest absolute Gasteiger partial charge is 0.251 e. The van der Waals surface area contributed by atoms with Gasteiger partial charge in [0.2, 0.25) is 10.0 Å². The summed E-state index contributed by atoms with van der Waals surface area (Å²) in [4.78, 5) is 14.0. The van der Waals surface area contributed by atoms with E-state index in [4.69, 9.17) is 0 Å². The molecule has 1 aromatic heterocycles. The molecule has 0 spiro atoms. The van der Waals surface area contributed by atoms with Crippen molar-refractivity contribution in [1.82, 2.24) is 10.0 Å². The zero-order valence-corrected chi connectivity index (χ0v) is 17.0. The normalized spacial score (nSPS) is 12.9. The van der Waals surface area contributed by atoms with Crippen molar-refractivity contribution in [3.05, 3.63) is 52.2 Å². The molecule has 2 N–H and O–H groups in total. The summed E-state index contributed by atoms with van der Waals surface area (Å²) in [6.07, 6.45) is 1.91. The Hall–Kier alpha value is -1.70. The molecule has 2 aromatic rings. The van der Waals surface area contributed by atoms with Gasteiger partial charge in [-0.05, 0) is 35.6 Å². The first-order valence-electron chi connectivity index (χ1n) is 8.86. The van der Waals surface area contributed by atoms with Crippen LogP contribution < -0.4 is 10.0 Å². The Morgan fingerprint density at radius 2 is 1.85 bits per heavy atom. The number of sulfonamides is 1. The fourth-order valence-corrected chi connectivity index (χ4v) is 4.91. The highest BCUT2D eigenvalue weighted by molar-refractivity contribution is 7.89. The third-order valence-electron chi connectivity index (χ3n) is 4.40. The van der Waals surface area contributed by atoms with E-state index in [0.717, 1.165) is 17.7 Å². The highest BCUT2D eigenvalue weighted by Crippen LogP contribution is 2.30. The maximum absolute atomic E-state index is 12.8. The molecule has 0 saturated heterocycles. The number of nitrogens with one attached hydrogen (secondary N) is 2. The Labute approximate surface area is 159 Å². The van der Waals surface area contributed by atoms with E-state index in [1.54, 1.807) is 30.4 Å². The van der Waals surface area contributed by atoms with Crippen LogP contribution in [-0.2, 0) is 10.0 Å². The van der Waals surface area contributed by atoms with Crippen molar-refractivity contribution >= 4 is 27.3 Å². The van der Waals surface area contributed by atoms with Crippen LogP contribution in [0.3, 0.4) is 0 Å². The van der Waals surface area contributed by atoms with Gasteiger partial charge in [0.25, 0.3) is 5.91 Å². The summed E-state index contributed by atoms with van der Waals surface area (Å²) >= 11 is 1.62. The maximum Gasteiger partial charge on any atom is 0.251 e. The first kappa shape index (κ1) is 20.6. The Morgan fingerprint density at radius 3 is 2.42 bits per heavy atom. The lowest BCUT2D eigenvalue weighted by Crippen LogP contribution is -2.33. The summed E-state index contributed by atoms with van der Waals surface area (Å²) in [6.45, 7) is 6.25.